The van der Waals surface area contributed by atoms with Crippen molar-refractivity contribution in [2.24, 2.45) is 0 Å². The van der Waals surface area contributed by atoms with E-state index >= 15 is 0 Å². The molecule has 2 fully saturated rings. The van der Waals surface area contributed by atoms with Crippen molar-refractivity contribution in [1.29, 1.82) is 0 Å². The summed E-state index contributed by atoms with van der Waals surface area (Å²) in [6, 6.07) is 7.31. The van der Waals surface area contributed by atoms with Crippen LogP contribution in [0.5, 0.6) is 5.75 Å². The quantitative estimate of drug-likeness (QED) is 0.531. The summed E-state index contributed by atoms with van der Waals surface area (Å²) in [6.45, 7) is 2.05. The molecule has 0 bridgehead atoms. The Morgan fingerprint density at radius 2 is 2.06 bits per heavy atom. The van der Waals surface area contributed by atoms with Crippen LogP contribution in [0.1, 0.15) is 38.1 Å². The van der Waals surface area contributed by atoms with E-state index in [9.17, 15) is 13.2 Å². The molecule has 1 saturated heterocycles. The summed E-state index contributed by atoms with van der Waals surface area (Å²) in [5.74, 6) is 1.35. The molecule has 168 valence electrons. The third-order valence-electron chi connectivity index (χ3n) is 5.57. The fourth-order valence-corrected chi connectivity index (χ4v) is 6.65. The van der Waals surface area contributed by atoms with E-state index in [4.69, 9.17) is 16.3 Å². The molecule has 11 heteroatoms. The van der Waals surface area contributed by atoms with E-state index < -0.39 is 15.1 Å². The molecule has 2 aromatic rings. The molecule has 1 aromatic heterocycles. The molecule has 2 heterocycles. The van der Waals surface area contributed by atoms with Crippen LogP contribution in [0.25, 0.3) is 0 Å². The molecular formula is C20H25ClN4O4S2. The van der Waals surface area contributed by atoms with Crippen LogP contribution in [-0.4, -0.2) is 63.8 Å². The summed E-state index contributed by atoms with van der Waals surface area (Å²) in [6.07, 6.45) is 2.56. The molecule has 0 spiro atoms. The predicted octanol–water partition coefficient (Wildman–Crippen LogP) is 2.97. The molecule has 31 heavy (non-hydrogen) atoms. The lowest BCUT2D eigenvalue weighted by molar-refractivity contribution is -0.130. The number of benzene rings is 1. The predicted molar refractivity (Wildman–Crippen MR) is 119 cm³/mol. The Labute approximate surface area is 191 Å². The first-order valence-corrected chi connectivity index (χ1v) is 13.3. The molecule has 1 amide bonds. The summed E-state index contributed by atoms with van der Waals surface area (Å²) < 4.78 is 31.4. The molecular weight excluding hydrogens is 460 g/mol. The van der Waals surface area contributed by atoms with Gasteiger partial charge in [-0.25, -0.2) is 8.42 Å². The summed E-state index contributed by atoms with van der Waals surface area (Å²) in [4.78, 5) is 14.5. The van der Waals surface area contributed by atoms with Gasteiger partial charge in [-0.3, -0.25) is 9.36 Å². The Kier molecular flexibility index (Phi) is 6.50. The number of hydrogen-bond donors (Lipinski definition) is 0. The minimum atomic E-state index is -3.05. The molecule has 4 rings (SSSR count). The van der Waals surface area contributed by atoms with Crippen LogP contribution >= 0.6 is 23.4 Å². The number of nitrogens with zero attached hydrogens (tertiary/aromatic N) is 4. The number of para-hydroxylation sites is 1. The largest absolute Gasteiger partial charge is 0.484 e. The second-order valence-electron chi connectivity index (χ2n) is 7.99. The lowest BCUT2D eigenvalue weighted by Gasteiger charge is -2.26. The Balaban J connectivity index is 1.43. The lowest BCUT2D eigenvalue weighted by Crippen LogP contribution is -2.41. The van der Waals surface area contributed by atoms with E-state index in [-0.39, 0.29) is 30.1 Å². The van der Waals surface area contributed by atoms with Gasteiger partial charge in [-0.05, 0) is 38.3 Å². The number of carbonyl (C=O) groups is 1. The maximum atomic E-state index is 12.9. The zero-order chi connectivity index (χ0) is 22.2. The van der Waals surface area contributed by atoms with Gasteiger partial charge in [-0.15, -0.1) is 10.2 Å². The van der Waals surface area contributed by atoms with E-state index in [1.807, 2.05) is 23.6 Å². The van der Waals surface area contributed by atoms with Gasteiger partial charge in [0.1, 0.15) is 12.4 Å². The number of hydrogen-bond acceptors (Lipinski definition) is 7. The van der Waals surface area contributed by atoms with Crippen molar-refractivity contribution in [2.45, 2.75) is 55.3 Å². The van der Waals surface area contributed by atoms with Crippen molar-refractivity contribution in [3.63, 3.8) is 0 Å². The zero-order valence-corrected chi connectivity index (χ0v) is 19.8. The number of thioether (sulfide) groups is 1. The minimum Gasteiger partial charge on any atom is -0.484 e. The molecule has 2 unspecified atom stereocenters. The second kappa shape index (κ2) is 8.99. The number of rotatable bonds is 8. The van der Waals surface area contributed by atoms with Crippen LogP contribution in [0.3, 0.4) is 0 Å². The van der Waals surface area contributed by atoms with Crippen molar-refractivity contribution in [3.8, 4) is 5.75 Å². The highest BCUT2D eigenvalue weighted by Crippen LogP contribution is 2.40. The second-order valence-corrected chi connectivity index (χ2v) is 11.9. The van der Waals surface area contributed by atoms with Crippen LogP contribution < -0.4 is 4.74 Å². The third kappa shape index (κ3) is 5.18. The molecule has 1 saturated carbocycles. The number of halogens is 1. The first-order chi connectivity index (χ1) is 14.7. The topological polar surface area (TPSA) is 94.4 Å². The van der Waals surface area contributed by atoms with Crippen LogP contribution in [0.2, 0.25) is 5.02 Å². The third-order valence-corrected chi connectivity index (χ3v) is 8.68. The van der Waals surface area contributed by atoms with E-state index in [1.165, 1.54) is 11.8 Å². The highest BCUT2D eigenvalue weighted by molar-refractivity contribution is 8.00. The van der Waals surface area contributed by atoms with Crippen molar-refractivity contribution >= 4 is 39.1 Å². The van der Waals surface area contributed by atoms with Crippen LogP contribution in [0.4, 0.5) is 0 Å². The maximum absolute atomic E-state index is 12.9. The van der Waals surface area contributed by atoms with Gasteiger partial charge in [0.15, 0.2) is 20.8 Å². The summed E-state index contributed by atoms with van der Waals surface area (Å²) in [5, 5.41) is 9.40. The van der Waals surface area contributed by atoms with Gasteiger partial charge >= 0.3 is 0 Å². The van der Waals surface area contributed by atoms with Crippen molar-refractivity contribution < 1.29 is 17.9 Å². The fraction of sp³-hybridized carbons (Fsp3) is 0.550. The summed E-state index contributed by atoms with van der Waals surface area (Å²) in [7, 11) is -1.37. The lowest BCUT2D eigenvalue weighted by atomic mass is 10.2. The van der Waals surface area contributed by atoms with Crippen molar-refractivity contribution in [2.75, 3.05) is 18.6 Å². The maximum Gasteiger partial charge on any atom is 0.235 e. The molecule has 1 aliphatic carbocycles. The van der Waals surface area contributed by atoms with E-state index in [1.54, 1.807) is 24.1 Å². The molecule has 2 atom stereocenters. The molecule has 8 nitrogen and oxygen atoms in total. The van der Waals surface area contributed by atoms with Crippen LogP contribution in [-0.2, 0) is 21.2 Å². The van der Waals surface area contributed by atoms with Gasteiger partial charge in [0.2, 0.25) is 5.91 Å². The van der Waals surface area contributed by atoms with Crippen LogP contribution in [0.15, 0.2) is 29.4 Å². The Hall–Kier alpha value is -1.78. The first-order valence-electron chi connectivity index (χ1n) is 10.2. The normalized spacial score (nSPS) is 21.1. The van der Waals surface area contributed by atoms with Gasteiger partial charge in [-0.1, -0.05) is 35.5 Å². The Morgan fingerprint density at radius 3 is 2.71 bits per heavy atom. The molecule has 2 aliphatic rings. The van der Waals surface area contributed by atoms with Gasteiger partial charge in [0.25, 0.3) is 0 Å². The standard InChI is InChI=1S/C20H25ClN4O4S2/c1-13(19(26)24(2)15-9-10-31(27,28)12-15)30-20-23-22-18(25(20)14-7-8-14)11-29-17-6-4-3-5-16(17)21/h3-6,13-15H,7-12H2,1-2H3. The summed E-state index contributed by atoms with van der Waals surface area (Å²) >= 11 is 7.51. The SMILES string of the molecule is CC(Sc1nnc(COc2ccccc2Cl)n1C1CC1)C(=O)N(C)C1CCS(=O)(=O)C1. The number of sulfone groups is 1. The number of carbonyl (C=O) groups excluding carboxylic acids is 1. The highest BCUT2D eigenvalue weighted by atomic mass is 35.5. The van der Waals surface area contributed by atoms with Gasteiger partial charge in [0, 0.05) is 19.1 Å². The minimum absolute atomic E-state index is 0.0361. The Morgan fingerprint density at radius 1 is 1.32 bits per heavy atom. The Bertz CT molecular complexity index is 1070. The smallest absolute Gasteiger partial charge is 0.235 e. The summed E-state index contributed by atoms with van der Waals surface area (Å²) in [5.41, 5.74) is 0. The highest BCUT2D eigenvalue weighted by Gasteiger charge is 2.36. The van der Waals surface area contributed by atoms with Crippen LogP contribution in [0, 0.1) is 0 Å². The molecule has 1 aromatic carbocycles. The fourth-order valence-electron chi connectivity index (χ4n) is 3.65. The van der Waals surface area contributed by atoms with Gasteiger partial charge < -0.3 is 9.64 Å². The number of aromatic nitrogens is 3. The monoisotopic (exact) mass is 484 g/mol. The van der Waals surface area contributed by atoms with Crippen molar-refractivity contribution in [3.05, 3.63) is 35.1 Å². The van der Waals surface area contributed by atoms with Crippen molar-refractivity contribution in [1.82, 2.24) is 19.7 Å². The van der Waals surface area contributed by atoms with Gasteiger partial charge in [0.05, 0.1) is 21.8 Å². The van der Waals surface area contributed by atoms with E-state index in [0.717, 1.165) is 12.8 Å². The zero-order valence-electron chi connectivity index (χ0n) is 17.4. The first kappa shape index (κ1) is 22.4. The van der Waals surface area contributed by atoms with E-state index in [2.05, 4.69) is 10.2 Å². The average molecular weight is 485 g/mol. The molecule has 0 radical (unpaired) electrons. The average Bonchev–Trinajstić information content (AvgIpc) is 3.40. The van der Waals surface area contributed by atoms with Gasteiger partial charge in [-0.2, -0.15) is 0 Å². The number of amides is 1. The van der Waals surface area contributed by atoms with E-state index in [0.29, 0.717) is 34.2 Å². The molecule has 0 N–H and O–H groups in total. The molecule has 1 aliphatic heterocycles. The number of ether oxygens (including phenoxy) is 1.